The summed E-state index contributed by atoms with van der Waals surface area (Å²) in [5, 5.41) is 0. The molecule has 0 unspecified atom stereocenters. The molecular weight excluding hydrogens is 228 g/mol. The van der Waals surface area contributed by atoms with Gasteiger partial charge in [0.2, 0.25) is 5.95 Å². The number of aromatic nitrogens is 3. The molecule has 5 nitrogen and oxygen atoms in total. The second kappa shape index (κ2) is 4.46. The van der Waals surface area contributed by atoms with Crippen molar-refractivity contribution in [2.75, 3.05) is 12.8 Å². The zero-order valence-corrected chi connectivity index (χ0v) is 11.7. The third-order valence-electron chi connectivity index (χ3n) is 3.97. The van der Waals surface area contributed by atoms with Crippen molar-refractivity contribution in [3.05, 3.63) is 11.6 Å². The Hall–Kier alpha value is -1.23. The molecule has 1 saturated carbocycles. The van der Waals surface area contributed by atoms with Crippen LogP contribution in [0.5, 0.6) is 0 Å². The Morgan fingerprint density at radius 1 is 1.06 bits per heavy atom. The summed E-state index contributed by atoms with van der Waals surface area (Å²) in [5.74, 6) is 1.61. The molecule has 1 heterocycles. The first-order valence-corrected chi connectivity index (χ1v) is 6.41. The molecule has 2 N–H and O–H groups in total. The van der Waals surface area contributed by atoms with Gasteiger partial charge in [-0.25, -0.2) is 4.98 Å². The Balaban J connectivity index is 2.33. The number of ether oxygens (including phenoxy) is 1. The van der Waals surface area contributed by atoms with E-state index >= 15 is 0 Å². The molecule has 0 saturated heterocycles. The summed E-state index contributed by atoms with van der Waals surface area (Å²) in [6.45, 7) is 6.41. The first-order chi connectivity index (χ1) is 8.37. The first kappa shape index (κ1) is 13.2. The average Bonchev–Trinajstić information content (AvgIpc) is 2.28. The van der Waals surface area contributed by atoms with Crippen LogP contribution in [-0.4, -0.2) is 22.1 Å². The lowest BCUT2D eigenvalue weighted by Crippen LogP contribution is -2.38. The Morgan fingerprint density at radius 3 is 2.17 bits per heavy atom. The molecule has 1 aromatic rings. The van der Waals surface area contributed by atoms with Crippen LogP contribution in [-0.2, 0) is 10.3 Å². The van der Waals surface area contributed by atoms with Gasteiger partial charge in [-0.15, -0.1) is 0 Å². The number of rotatable bonds is 2. The van der Waals surface area contributed by atoms with E-state index in [2.05, 4.69) is 28.8 Å². The summed E-state index contributed by atoms with van der Waals surface area (Å²) in [6.07, 6.45) is 4.07. The van der Waals surface area contributed by atoms with E-state index in [1.807, 2.05) is 6.92 Å². The largest absolute Gasteiger partial charge is 0.370 e. The van der Waals surface area contributed by atoms with E-state index < -0.39 is 5.60 Å². The molecule has 0 spiro atoms. The third kappa shape index (κ3) is 2.46. The molecule has 1 aliphatic rings. The number of hydrogen-bond donors (Lipinski definition) is 1. The number of nitrogen functional groups attached to an aromatic ring is 1. The van der Waals surface area contributed by atoms with Crippen molar-refractivity contribution in [2.45, 2.75) is 52.1 Å². The molecule has 18 heavy (non-hydrogen) atoms. The third-order valence-corrected chi connectivity index (χ3v) is 3.97. The number of hydrogen-bond acceptors (Lipinski definition) is 5. The Labute approximate surface area is 108 Å². The zero-order valence-electron chi connectivity index (χ0n) is 11.7. The highest BCUT2D eigenvalue weighted by molar-refractivity contribution is 5.19. The van der Waals surface area contributed by atoms with E-state index in [0.29, 0.717) is 17.1 Å². The highest BCUT2D eigenvalue weighted by atomic mass is 16.5. The molecule has 1 aromatic heterocycles. The van der Waals surface area contributed by atoms with Gasteiger partial charge >= 0.3 is 0 Å². The maximum atomic E-state index is 5.76. The molecule has 1 fully saturated rings. The number of aryl methyl sites for hydroxylation is 1. The molecule has 0 aromatic carbocycles. The summed E-state index contributed by atoms with van der Waals surface area (Å²) in [5.41, 5.74) is 5.69. The minimum atomic E-state index is -0.392. The highest BCUT2D eigenvalue weighted by Crippen LogP contribution is 2.46. The van der Waals surface area contributed by atoms with Gasteiger partial charge in [-0.05, 0) is 38.0 Å². The van der Waals surface area contributed by atoms with Crippen LogP contribution in [0.15, 0.2) is 0 Å². The maximum Gasteiger partial charge on any atom is 0.223 e. The Bertz CT molecular complexity index is 414. The highest BCUT2D eigenvalue weighted by Gasteiger charge is 2.42. The van der Waals surface area contributed by atoms with Gasteiger partial charge in [0.1, 0.15) is 11.4 Å². The van der Waals surface area contributed by atoms with Crippen molar-refractivity contribution in [2.24, 2.45) is 5.41 Å². The molecule has 0 radical (unpaired) electrons. The lowest BCUT2D eigenvalue weighted by Gasteiger charge is -2.41. The van der Waals surface area contributed by atoms with Crippen molar-refractivity contribution in [1.29, 1.82) is 0 Å². The van der Waals surface area contributed by atoms with Crippen LogP contribution in [0.1, 0.15) is 51.2 Å². The Kier molecular flexibility index (Phi) is 3.27. The first-order valence-electron chi connectivity index (χ1n) is 6.41. The van der Waals surface area contributed by atoms with Gasteiger partial charge in [0, 0.05) is 7.11 Å². The van der Waals surface area contributed by atoms with E-state index in [1.54, 1.807) is 7.11 Å². The normalized spacial score (nSPS) is 21.8. The second-order valence-electron chi connectivity index (χ2n) is 5.93. The number of methoxy groups -OCH3 is 1. The van der Waals surface area contributed by atoms with Crippen LogP contribution < -0.4 is 5.73 Å². The smallest absolute Gasteiger partial charge is 0.223 e. The lowest BCUT2D eigenvalue weighted by atomic mass is 9.70. The molecule has 0 amide bonds. The van der Waals surface area contributed by atoms with E-state index in [1.165, 1.54) is 0 Å². The van der Waals surface area contributed by atoms with Crippen molar-refractivity contribution in [3.8, 4) is 0 Å². The van der Waals surface area contributed by atoms with Crippen LogP contribution in [0.3, 0.4) is 0 Å². The minimum absolute atomic E-state index is 0.277. The van der Waals surface area contributed by atoms with Gasteiger partial charge in [-0.1, -0.05) is 13.8 Å². The fraction of sp³-hybridized carbons (Fsp3) is 0.769. The molecule has 0 bridgehead atoms. The average molecular weight is 250 g/mol. The maximum absolute atomic E-state index is 5.76. The van der Waals surface area contributed by atoms with Gasteiger partial charge < -0.3 is 10.5 Å². The predicted molar refractivity (Wildman–Crippen MR) is 69.9 cm³/mol. The van der Waals surface area contributed by atoms with Crippen molar-refractivity contribution in [3.63, 3.8) is 0 Å². The van der Waals surface area contributed by atoms with Gasteiger partial charge in [0.05, 0.1) is 0 Å². The van der Waals surface area contributed by atoms with Gasteiger partial charge in [0.25, 0.3) is 0 Å². The van der Waals surface area contributed by atoms with E-state index in [0.717, 1.165) is 25.7 Å². The zero-order chi connectivity index (χ0) is 13.4. The molecule has 0 aliphatic heterocycles. The molecule has 100 valence electrons. The van der Waals surface area contributed by atoms with Crippen LogP contribution >= 0.6 is 0 Å². The summed E-state index contributed by atoms with van der Waals surface area (Å²) in [6, 6.07) is 0. The van der Waals surface area contributed by atoms with Crippen molar-refractivity contribution in [1.82, 2.24) is 15.0 Å². The van der Waals surface area contributed by atoms with Crippen LogP contribution in [0.4, 0.5) is 5.95 Å². The standard InChI is InChI=1S/C13H22N4O/c1-9-15-10(17-11(14)16-9)13(18-4)7-5-12(2,3)6-8-13/h5-8H2,1-4H3,(H2,14,15,16,17). The number of nitrogens with two attached hydrogens (primary N) is 1. The van der Waals surface area contributed by atoms with E-state index in [4.69, 9.17) is 10.5 Å². The number of anilines is 1. The van der Waals surface area contributed by atoms with Crippen LogP contribution in [0, 0.1) is 12.3 Å². The van der Waals surface area contributed by atoms with Crippen LogP contribution in [0.2, 0.25) is 0 Å². The minimum Gasteiger partial charge on any atom is -0.370 e. The Morgan fingerprint density at radius 2 is 1.67 bits per heavy atom. The fourth-order valence-corrected chi connectivity index (χ4v) is 2.56. The molecule has 2 rings (SSSR count). The second-order valence-corrected chi connectivity index (χ2v) is 5.93. The van der Waals surface area contributed by atoms with Gasteiger partial charge in [-0.2, -0.15) is 9.97 Å². The molecular formula is C13H22N4O. The molecule has 0 atom stereocenters. The van der Waals surface area contributed by atoms with Crippen molar-refractivity contribution < 1.29 is 4.74 Å². The van der Waals surface area contributed by atoms with Gasteiger partial charge in [-0.3, -0.25) is 0 Å². The molecule has 1 aliphatic carbocycles. The fourth-order valence-electron chi connectivity index (χ4n) is 2.56. The quantitative estimate of drug-likeness (QED) is 0.871. The lowest BCUT2D eigenvalue weighted by molar-refractivity contribution is -0.0730. The SMILES string of the molecule is COC1(c2nc(C)nc(N)n2)CCC(C)(C)CC1. The van der Waals surface area contributed by atoms with Crippen molar-refractivity contribution >= 4 is 5.95 Å². The van der Waals surface area contributed by atoms with E-state index in [9.17, 15) is 0 Å². The van der Waals surface area contributed by atoms with E-state index in [-0.39, 0.29) is 5.95 Å². The number of nitrogens with zero attached hydrogens (tertiary/aromatic N) is 3. The summed E-state index contributed by atoms with van der Waals surface area (Å²) in [7, 11) is 1.73. The molecule has 5 heteroatoms. The summed E-state index contributed by atoms with van der Waals surface area (Å²) in [4.78, 5) is 12.7. The summed E-state index contributed by atoms with van der Waals surface area (Å²) >= 11 is 0. The van der Waals surface area contributed by atoms with Crippen LogP contribution in [0.25, 0.3) is 0 Å². The summed E-state index contributed by atoms with van der Waals surface area (Å²) < 4.78 is 5.76. The van der Waals surface area contributed by atoms with Gasteiger partial charge in [0.15, 0.2) is 5.82 Å². The monoisotopic (exact) mass is 250 g/mol. The predicted octanol–water partition coefficient (Wildman–Crippen LogP) is 2.20. The topological polar surface area (TPSA) is 73.9 Å².